The topological polar surface area (TPSA) is 95.3 Å². The normalized spacial score (nSPS) is 18.2. The third-order valence-electron chi connectivity index (χ3n) is 7.66. The number of imidazole rings is 1. The molecule has 0 atom stereocenters. The predicted octanol–water partition coefficient (Wildman–Crippen LogP) is 4.83. The molecule has 39 heavy (non-hydrogen) atoms. The number of likely N-dealkylation sites (tertiary alicyclic amines) is 1. The second-order valence-electron chi connectivity index (χ2n) is 11.1. The number of aromatic nitrogens is 5. The Morgan fingerprint density at radius 2 is 1.95 bits per heavy atom. The van der Waals surface area contributed by atoms with Crippen molar-refractivity contribution in [2.75, 3.05) is 13.1 Å². The number of nitrogens with zero attached hydrogens (tertiary/aromatic N) is 6. The summed E-state index contributed by atoms with van der Waals surface area (Å²) >= 11 is 6.84. The summed E-state index contributed by atoms with van der Waals surface area (Å²) in [6.07, 6.45) is 7.30. The number of hydrogen-bond donors (Lipinski definition) is 0. The van der Waals surface area contributed by atoms with Gasteiger partial charge < -0.3 is 18.9 Å². The van der Waals surface area contributed by atoms with Crippen LogP contribution in [0.1, 0.15) is 43.9 Å². The molecule has 1 saturated heterocycles. The minimum Gasteiger partial charge on any atom is -0.487 e. The van der Waals surface area contributed by atoms with Crippen LogP contribution >= 0.6 is 11.6 Å². The van der Waals surface area contributed by atoms with Gasteiger partial charge >= 0.3 is 0 Å². The average molecular weight is 545 g/mol. The maximum atomic E-state index is 12.2. The van der Waals surface area contributed by atoms with Crippen LogP contribution in [0.4, 0.5) is 0 Å². The summed E-state index contributed by atoms with van der Waals surface area (Å²) in [5, 5.41) is 0.510. The summed E-state index contributed by atoms with van der Waals surface area (Å²) in [6.45, 7) is 5.82. The van der Waals surface area contributed by atoms with Crippen LogP contribution in [0.25, 0.3) is 22.6 Å². The largest absolute Gasteiger partial charge is 0.487 e. The molecule has 3 aliphatic rings. The third-order valence-corrected chi connectivity index (χ3v) is 7.97. The lowest BCUT2D eigenvalue weighted by Gasteiger charge is -2.39. The zero-order chi connectivity index (χ0) is 26.7. The lowest BCUT2D eigenvalue weighted by molar-refractivity contribution is -0.141. The van der Waals surface area contributed by atoms with Gasteiger partial charge in [-0.3, -0.25) is 9.78 Å². The average Bonchev–Trinajstić information content (AvgIpc) is 3.81. The van der Waals surface area contributed by atoms with Gasteiger partial charge in [0.05, 0.1) is 30.4 Å². The molecule has 9 nitrogen and oxygen atoms in total. The van der Waals surface area contributed by atoms with Crippen LogP contribution in [0, 0.1) is 12.8 Å². The van der Waals surface area contributed by atoms with Crippen molar-refractivity contribution in [2.24, 2.45) is 5.92 Å². The lowest BCUT2D eigenvalue weighted by Crippen LogP contribution is -2.56. The fourth-order valence-electron chi connectivity index (χ4n) is 4.93. The Kier molecular flexibility index (Phi) is 5.73. The summed E-state index contributed by atoms with van der Waals surface area (Å²) in [5.41, 5.74) is 3.81. The first-order valence-corrected chi connectivity index (χ1v) is 13.8. The van der Waals surface area contributed by atoms with E-state index in [2.05, 4.69) is 21.9 Å². The first-order valence-electron chi connectivity index (χ1n) is 13.4. The van der Waals surface area contributed by atoms with Gasteiger partial charge in [-0.1, -0.05) is 11.6 Å². The molecule has 0 bridgehead atoms. The quantitative estimate of drug-likeness (QED) is 0.313. The molecular formula is C29H29ClN6O3. The molecule has 4 heterocycles. The predicted molar refractivity (Wildman–Crippen MR) is 146 cm³/mol. The van der Waals surface area contributed by atoms with E-state index in [1.165, 1.54) is 6.33 Å². The SMILES string of the molecule is Cc1ccnc(Cn2c(-c3ccc(OC4CN(C(=O)C5CC5)C4)cc3Cl)nc3c(OC4(C)CC4)ncnc32)c1. The molecule has 3 aromatic heterocycles. The van der Waals surface area contributed by atoms with Gasteiger partial charge in [0.1, 0.15) is 29.6 Å². The number of carbonyl (C=O) groups excluding carboxylic acids is 1. The van der Waals surface area contributed by atoms with Crippen molar-refractivity contribution in [2.45, 2.75) is 57.8 Å². The maximum Gasteiger partial charge on any atom is 0.245 e. The van der Waals surface area contributed by atoms with E-state index in [1.807, 2.05) is 46.7 Å². The van der Waals surface area contributed by atoms with E-state index in [0.717, 1.165) is 42.5 Å². The van der Waals surface area contributed by atoms with Gasteiger partial charge in [0.25, 0.3) is 0 Å². The number of halogens is 1. The Balaban J connectivity index is 1.20. The summed E-state index contributed by atoms with van der Waals surface area (Å²) in [6, 6.07) is 9.65. The molecule has 1 aliphatic heterocycles. The van der Waals surface area contributed by atoms with Crippen molar-refractivity contribution in [3.63, 3.8) is 0 Å². The summed E-state index contributed by atoms with van der Waals surface area (Å²) < 4.78 is 14.4. The highest BCUT2D eigenvalue weighted by Crippen LogP contribution is 2.41. The molecule has 10 heteroatoms. The molecule has 0 N–H and O–H groups in total. The number of amides is 1. The fraction of sp³-hybridized carbons (Fsp3) is 0.414. The smallest absolute Gasteiger partial charge is 0.245 e. The minimum atomic E-state index is -0.208. The number of hydrogen-bond acceptors (Lipinski definition) is 7. The summed E-state index contributed by atoms with van der Waals surface area (Å²) in [7, 11) is 0. The molecule has 0 radical (unpaired) electrons. The highest BCUT2D eigenvalue weighted by Gasteiger charge is 2.42. The number of pyridine rings is 1. The third kappa shape index (κ3) is 4.80. The molecule has 0 spiro atoms. The molecule has 7 rings (SSSR count). The van der Waals surface area contributed by atoms with Gasteiger partial charge in [-0.15, -0.1) is 0 Å². The Labute approximate surface area is 231 Å². The number of ether oxygens (including phenoxy) is 2. The van der Waals surface area contributed by atoms with Crippen molar-refractivity contribution in [1.29, 1.82) is 0 Å². The molecule has 0 unspecified atom stereocenters. The highest BCUT2D eigenvalue weighted by molar-refractivity contribution is 6.33. The molecule has 2 saturated carbocycles. The van der Waals surface area contributed by atoms with E-state index in [0.29, 0.717) is 53.3 Å². The van der Waals surface area contributed by atoms with Gasteiger partial charge in [-0.05, 0) is 75.4 Å². The standard InChI is InChI=1S/C29H29ClN6O3/c1-17-7-10-31-19(11-17)13-36-25(34-24-26(36)32-16-33-27(24)39-29(2)8-9-29)22-6-5-20(12-23(22)30)38-21-14-35(15-21)28(37)18-3-4-18/h5-7,10-12,16,18,21H,3-4,8-9,13-15H2,1-2H3. The number of aryl methyl sites for hydroxylation is 1. The van der Waals surface area contributed by atoms with Crippen LogP contribution < -0.4 is 9.47 Å². The minimum absolute atomic E-state index is 0.0228. The van der Waals surface area contributed by atoms with Crippen molar-refractivity contribution >= 4 is 28.7 Å². The van der Waals surface area contributed by atoms with Gasteiger partial charge in [-0.2, -0.15) is 4.98 Å². The van der Waals surface area contributed by atoms with Gasteiger partial charge in [-0.25, -0.2) is 9.97 Å². The van der Waals surface area contributed by atoms with Crippen LogP contribution in [-0.4, -0.2) is 60.1 Å². The molecule has 2 aliphatic carbocycles. The van der Waals surface area contributed by atoms with Crippen molar-refractivity contribution in [1.82, 2.24) is 29.4 Å². The molecule has 4 aromatic rings. The summed E-state index contributed by atoms with van der Waals surface area (Å²) in [4.78, 5) is 32.6. The molecular weight excluding hydrogens is 516 g/mol. The Hall–Kier alpha value is -3.72. The van der Waals surface area contributed by atoms with E-state index < -0.39 is 0 Å². The molecule has 1 amide bonds. The first kappa shape index (κ1) is 24.3. The first-order chi connectivity index (χ1) is 18.8. The second-order valence-corrected chi connectivity index (χ2v) is 11.6. The Morgan fingerprint density at radius 3 is 2.67 bits per heavy atom. The van der Waals surface area contributed by atoms with E-state index in [9.17, 15) is 4.79 Å². The fourth-order valence-corrected chi connectivity index (χ4v) is 5.18. The van der Waals surface area contributed by atoms with E-state index in [4.69, 9.17) is 26.1 Å². The zero-order valence-electron chi connectivity index (χ0n) is 21.9. The van der Waals surface area contributed by atoms with E-state index in [-0.39, 0.29) is 23.5 Å². The zero-order valence-corrected chi connectivity index (χ0v) is 22.7. The molecule has 3 fully saturated rings. The van der Waals surface area contributed by atoms with Crippen LogP contribution in [-0.2, 0) is 11.3 Å². The number of carbonyl (C=O) groups is 1. The van der Waals surface area contributed by atoms with Crippen LogP contribution in [0.15, 0.2) is 42.9 Å². The van der Waals surface area contributed by atoms with Crippen molar-refractivity contribution < 1.29 is 14.3 Å². The highest BCUT2D eigenvalue weighted by atomic mass is 35.5. The number of fused-ring (bicyclic) bond motifs is 1. The van der Waals surface area contributed by atoms with Crippen LogP contribution in [0.3, 0.4) is 0 Å². The van der Waals surface area contributed by atoms with Crippen LogP contribution in [0.2, 0.25) is 5.02 Å². The lowest BCUT2D eigenvalue weighted by atomic mass is 10.1. The number of rotatable bonds is 8. The van der Waals surface area contributed by atoms with Crippen molar-refractivity contribution in [3.8, 4) is 23.0 Å². The van der Waals surface area contributed by atoms with Crippen LogP contribution in [0.5, 0.6) is 11.6 Å². The van der Waals surface area contributed by atoms with Gasteiger partial charge in [0.2, 0.25) is 11.8 Å². The van der Waals surface area contributed by atoms with E-state index in [1.54, 1.807) is 6.20 Å². The second kappa shape index (κ2) is 9.19. The van der Waals surface area contributed by atoms with E-state index >= 15 is 0 Å². The number of benzene rings is 1. The van der Waals surface area contributed by atoms with Gasteiger partial charge in [0, 0.05) is 17.7 Å². The maximum absolute atomic E-state index is 12.2. The summed E-state index contributed by atoms with van der Waals surface area (Å²) in [5.74, 6) is 2.29. The molecule has 1 aromatic carbocycles. The van der Waals surface area contributed by atoms with Crippen molar-refractivity contribution in [3.05, 3.63) is 59.1 Å². The monoisotopic (exact) mass is 544 g/mol. The van der Waals surface area contributed by atoms with Gasteiger partial charge in [0.15, 0.2) is 11.2 Å². The Bertz CT molecular complexity index is 1590. The Morgan fingerprint density at radius 1 is 1.13 bits per heavy atom. The molecule has 200 valence electrons.